The second kappa shape index (κ2) is 12.9. The van der Waals surface area contributed by atoms with Gasteiger partial charge in [0.15, 0.2) is 6.04 Å². The van der Waals surface area contributed by atoms with E-state index in [1.54, 1.807) is 18.3 Å². The van der Waals surface area contributed by atoms with E-state index in [0.29, 0.717) is 5.56 Å². The fourth-order valence-electron chi connectivity index (χ4n) is 4.02. The molecule has 3 rings (SSSR count). The van der Waals surface area contributed by atoms with Crippen LogP contribution in [-0.4, -0.2) is 74.3 Å². The summed E-state index contributed by atoms with van der Waals surface area (Å²) in [6.45, 7) is 2.69. The minimum absolute atomic E-state index is 0.00115. The van der Waals surface area contributed by atoms with Crippen molar-refractivity contribution in [1.29, 1.82) is 0 Å². The van der Waals surface area contributed by atoms with Crippen LogP contribution in [0.15, 0.2) is 54.7 Å². The van der Waals surface area contributed by atoms with Crippen molar-refractivity contribution in [1.82, 2.24) is 20.9 Å². The van der Waals surface area contributed by atoms with Crippen molar-refractivity contribution in [2.45, 2.75) is 57.0 Å². The normalized spacial score (nSPS) is 15.0. The zero-order chi connectivity index (χ0) is 28.7. The van der Waals surface area contributed by atoms with Gasteiger partial charge in [0.2, 0.25) is 17.7 Å². The number of H-pyrrole nitrogens is 1. The number of carbonyl (C=O) groups is 4. The van der Waals surface area contributed by atoms with Gasteiger partial charge in [-0.3, -0.25) is 14.4 Å². The van der Waals surface area contributed by atoms with Crippen molar-refractivity contribution >= 4 is 34.6 Å². The Kier molecular flexibility index (Phi) is 9.63. The lowest BCUT2D eigenvalue weighted by molar-refractivity contribution is -0.145. The van der Waals surface area contributed by atoms with Gasteiger partial charge in [0, 0.05) is 29.9 Å². The Hall–Kier alpha value is -4.42. The first-order valence-electron chi connectivity index (χ1n) is 12.4. The highest BCUT2D eigenvalue weighted by Gasteiger charge is 2.32. The van der Waals surface area contributed by atoms with Crippen molar-refractivity contribution in [2.24, 2.45) is 5.73 Å². The van der Waals surface area contributed by atoms with E-state index >= 15 is 0 Å². The molecule has 0 saturated carbocycles. The number of aromatic hydroxyl groups is 1. The van der Waals surface area contributed by atoms with Crippen LogP contribution >= 0.6 is 0 Å². The van der Waals surface area contributed by atoms with Crippen LogP contribution in [-0.2, 0) is 32.0 Å². The lowest BCUT2D eigenvalue weighted by atomic mass is 10.0. The quantitative estimate of drug-likeness (QED) is 0.156. The number of carboxylic acids is 1. The summed E-state index contributed by atoms with van der Waals surface area (Å²) in [4.78, 5) is 53.8. The molecule has 39 heavy (non-hydrogen) atoms. The average Bonchev–Trinajstić information content (AvgIpc) is 3.29. The third-order valence-electron chi connectivity index (χ3n) is 6.20. The number of para-hydroxylation sites is 1. The lowest BCUT2D eigenvalue weighted by Crippen LogP contribution is -2.59. The second-order valence-electron chi connectivity index (χ2n) is 9.41. The summed E-state index contributed by atoms with van der Waals surface area (Å²) in [5, 5.41) is 37.1. The van der Waals surface area contributed by atoms with Gasteiger partial charge < -0.3 is 42.0 Å². The van der Waals surface area contributed by atoms with Gasteiger partial charge in [-0.15, -0.1) is 0 Å². The minimum Gasteiger partial charge on any atom is -0.508 e. The zero-order valence-corrected chi connectivity index (χ0v) is 21.5. The van der Waals surface area contributed by atoms with E-state index in [1.807, 2.05) is 24.3 Å². The third kappa shape index (κ3) is 7.79. The average molecular weight is 540 g/mol. The Morgan fingerprint density at radius 1 is 0.872 bits per heavy atom. The van der Waals surface area contributed by atoms with E-state index in [4.69, 9.17) is 5.73 Å². The van der Waals surface area contributed by atoms with Gasteiger partial charge in [-0.2, -0.15) is 0 Å². The summed E-state index contributed by atoms with van der Waals surface area (Å²) in [6.07, 6.45) is 0.332. The number of phenolic OH excluding ortho intramolecular Hbond substituents is 1. The maximum Gasteiger partial charge on any atom is 0.328 e. The molecular weight excluding hydrogens is 506 g/mol. The predicted octanol–water partition coefficient (Wildman–Crippen LogP) is -0.0743. The van der Waals surface area contributed by atoms with Gasteiger partial charge in [-0.25, -0.2) is 4.79 Å². The fourth-order valence-corrected chi connectivity index (χ4v) is 4.02. The summed E-state index contributed by atoms with van der Waals surface area (Å²) in [7, 11) is 0. The van der Waals surface area contributed by atoms with E-state index in [9.17, 15) is 34.5 Å². The maximum atomic E-state index is 13.5. The van der Waals surface area contributed by atoms with Gasteiger partial charge in [0.25, 0.3) is 0 Å². The third-order valence-corrected chi connectivity index (χ3v) is 6.20. The number of aromatic nitrogens is 1. The summed E-state index contributed by atoms with van der Waals surface area (Å²) in [5.74, 6) is -3.57. The van der Waals surface area contributed by atoms with Crippen LogP contribution in [0.25, 0.3) is 10.9 Å². The van der Waals surface area contributed by atoms with Crippen LogP contribution in [0.4, 0.5) is 0 Å². The molecule has 3 aromatic rings. The number of nitrogens with two attached hydrogens (primary N) is 1. The number of benzene rings is 2. The number of aliphatic carboxylic acids is 1. The Morgan fingerprint density at radius 2 is 1.46 bits per heavy atom. The molecule has 1 aromatic heterocycles. The number of rotatable bonds is 12. The number of fused-ring (bicyclic) bond motifs is 1. The molecular formula is C27H33N5O7. The number of hydrogen-bond donors (Lipinski definition) is 8. The topological polar surface area (TPSA) is 207 Å². The van der Waals surface area contributed by atoms with Gasteiger partial charge in [-0.05, 0) is 43.2 Å². The number of amides is 3. The van der Waals surface area contributed by atoms with Crippen LogP contribution in [0, 0.1) is 0 Å². The smallest absolute Gasteiger partial charge is 0.328 e. The molecule has 1 heterocycles. The summed E-state index contributed by atoms with van der Waals surface area (Å²) < 4.78 is 0. The van der Waals surface area contributed by atoms with Crippen LogP contribution in [0.5, 0.6) is 5.75 Å². The number of carboxylic acid groups (broad SMARTS) is 1. The van der Waals surface area contributed by atoms with Gasteiger partial charge in [0.05, 0.1) is 12.1 Å². The van der Waals surface area contributed by atoms with Crippen molar-refractivity contribution in [3.05, 3.63) is 65.9 Å². The van der Waals surface area contributed by atoms with Crippen LogP contribution in [0.2, 0.25) is 0 Å². The number of aliphatic hydroxyl groups excluding tert-OH is 1. The number of carbonyl (C=O) groups excluding carboxylic acids is 3. The molecule has 5 atom stereocenters. The van der Waals surface area contributed by atoms with Gasteiger partial charge in [0.1, 0.15) is 17.8 Å². The van der Waals surface area contributed by atoms with Crippen LogP contribution in [0.3, 0.4) is 0 Å². The zero-order valence-electron chi connectivity index (χ0n) is 21.5. The lowest BCUT2D eigenvalue weighted by Gasteiger charge is -2.25. The van der Waals surface area contributed by atoms with E-state index in [0.717, 1.165) is 16.5 Å². The molecule has 208 valence electrons. The first-order valence-corrected chi connectivity index (χ1v) is 12.4. The predicted molar refractivity (Wildman–Crippen MR) is 143 cm³/mol. The molecule has 0 fully saturated rings. The van der Waals surface area contributed by atoms with E-state index in [-0.39, 0.29) is 18.6 Å². The largest absolute Gasteiger partial charge is 0.508 e. The molecule has 0 bridgehead atoms. The Bertz CT molecular complexity index is 1320. The summed E-state index contributed by atoms with van der Waals surface area (Å²) in [5.41, 5.74) is 7.86. The molecule has 3 amide bonds. The monoisotopic (exact) mass is 539 g/mol. The summed E-state index contributed by atoms with van der Waals surface area (Å²) >= 11 is 0. The van der Waals surface area contributed by atoms with E-state index < -0.39 is 54.0 Å². The standard InChI is InChI=1S/C27H33N5O7/c1-14(28)24(35)30-22(12-17-13-29-20-6-4-3-5-19(17)20)25(36)31-21(11-16-7-9-18(34)10-8-16)26(37)32-23(15(2)33)27(38)39/h3-10,13-15,21-23,29,33-34H,11-12,28H2,1-2H3,(H,30,35)(H,31,36)(H,32,37)(H,38,39). The first-order chi connectivity index (χ1) is 18.5. The maximum absolute atomic E-state index is 13.5. The van der Waals surface area contributed by atoms with Crippen LogP contribution in [0.1, 0.15) is 25.0 Å². The Balaban J connectivity index is 1.89. The molecule has 12 heteroatoms. The van der Waals surface area contributed by atoms with Crippen molar-refractivity contribution in [3.63, 3.8) is 0 Å². The molecule has 0 spiro atoms. The first kappa shape index (κ1) is 29.1. The molecule has 0 radical (unpaired) electrons. The van der Waals surface area contributed by atoms with Crippen molar-refractivity contribution < 1.29 is 34.5 Å². The van der Waals surface area contributed by atoms with Gasteiger partial charge in [-0.1, -0.05) is 30.3 Å². The van der Waals surface area contributed by atoms with Crippen molar-refractivity contribution in [3.8, 4) is 5.75 Å². The molecule has 0 aliphatic heterocycles. The second-order valence-corrected chi connectivity index (χ2v) is 9.41. The number of aromatic amines is 1. The van der Waals surface area contributed by atoms with Crippen molar-refractivity contribution in [2.75, 3.05) is 0 Å². The summed E-state index contributed by atoms with van der Waals surface area (Å²) in [6, 6.07) is 8.43. The highest BCUT2D eigenvalue weighted by Crippen LogP contribution is 2.19. The Morgan fingerprint density at radius 3 is 2.08 bits per heavy atom. The van der Waals surface area contributed by atoms with E-state index in [2.05, 4.69) is 20.9 Å². The number of aliphatic hydroxyl groups is 1. The SMILES string of the molecule is CC(N)C(=O)NC(Cc1c[nH]c2ccccc12)C(=O)NC(Cc1ccc(O)cc1)C(=O)NC(C(=O)O)C(C)O. The molecule has 0 aliphatic rings. The van der Waals surface area contributed by atoms with Crippen LogP contribution < -0.4 is 21.7 Å². The Labute approximate surface area is 224 Å². The molecule has 9 N–H and O–H groups in total. The minimum atomic E-state index is -1.61. The molecule has 2 aromatic carbocycles. The van der Waals surface area contributed by atoms with E-state index in [1.165, 1.54) is 26.0 Å². The molecule has 5 unspecified atom stereocenters. The number of phenols is 1. The molecule has 0 saturated heterocycles. The molecule has 12 nitrogen and oxygen atoms in total. The molecule has 0 aliphatic carbocycles. The highest BCUT2D eigenvalue weighted by molar-refractivity contribution is 5.95. The number of nitrogens with one attached hydrogen (secondary N) is 4. The number of hydrogen-bond acceptors (Lipinski definition) is 7. The van der Waals surface area contributed by atoms with Gasteiger partial charge >= 0.3 is 5.97 Å². The highest BCUT2D eigenvalue weighted by atomic mass is 16.4. The fraction of sp³-hybridized carbons (Fsp3) is 0.333.